The van der Waals surface area contributed by atoms with E-state index in [1.54, 1.807) is 14.2 Å². The van der Waals surface area contributed by atoms with E-state index in [4.69, 9.17) is 10.5 Å². The molecule has 1 aliphatic carbocycles. The fourth-order valence-electron chi connectivity index (χ4n) is 2.32. The first kappa shape index (κ1) is 15.9. The third-order valence-corrected chi connectivity index (χ3v) is 3.51. The molecule has 1 fully saturated rings. The highest BCUT2D eigenvalue weighted by atomic mass is 16.5. The van der Waals surface area contributed by atoms with Crippen LogP contribution in [-0.2, 0) is 14.3 Å². The van der Waals surface area contributed by atoms with Crippen molar-refractivity contribution in [1.29, 1.82) is 0 Å². The zero-order chi connectivity index (χ0) is 14.3. The molecular formula is C13H25N3O3. The topological polar surface area (TPSA) is 84.7 Å². The van der Waals surface area contributed by atoms with Gasteiger partial charge in [0.15, 0.2) is 0 Å². The van der Waals surface area contributed by atoms with Gasteiger partial charge in [0.1, 0.15) is 0 Å². The average Bonchev–Trinajstić information content (AvgIpc) is 2.39. The standard InChI is InChI=1S/C13H25N3O3/c1-16(9-12(17)15-7-8-19-2)13(18)10-3-5-11(14)6-4-10/h10-11H,3-9,14H2,1-2H3,(H,15,17). The molecule has 19 heavy (non-hydrogen) atoms. The van der Waals surface area contributed by atoms with Crippen LogP contribution in [0.2, 0.25) is 0 Å². The molecule has 0 bridgehead atoms. The Bertz CT molecular complexity index is 302. The Morgan fingerprint density at radius 2 is 1.95 bits per heavy atom. The smallest absolute Gasteiger partial charge is 0.239 e. The lowest BCUT2D eigenvalue weighted by Crippen LogP contribution is -2.43. The Hall–Kier alpha value is -1.14. The minimum atomic E-state index is -0.152. The van der Waals surface area contributed by atoms with Crippen LogP contribution in [-0.4, -0.2) is 56.6 Å². The van der Waals surface area contributed by atoms with E-state index in [9.17, 15) is 9.59 Å². The minimum Gasteiger partial charge on any atom is -0.383 e. The number of rotatable bonds is 6. The maximum Gasteiger partial charge on any atom is 0.239 e. The monoisotopic (exact) mass is 271 g/mol. The van der Waals surface area contributed by atoms with Gasteiger partial charge in [0, 0.05) is 32.7 Å². The predicted octanol–water partition coefficient (Wildman–Crippen LogP) is -0.275. The molecule has 110 valence electrons. The Balaban J connectivity index is 2.29. The normalized spacial score (nSPS) is 22.9. The number of nitrogens with zero attached hydrogens (tertiary/aromatic N) is 1. The number of nitrogens with two attached hydrogens (primary N) is 1. The number of amides is 2. The quantitative estimate of drug-likeness (QED) is 0.651. The maximum atomic E-state index is 12.2. The van der Waals surface area contributed by atoms with Crippen LogP contribution in [0.3, 0.4) is 0 Å². The number of nitrogens with one attached hydrogen (secondary N) is 1. The highest BCUT2D eigenvalue weighted by Crippen LogP contribution is 2.24. The number of likely N-dealkylation sites (N-methyl/N-ethyl adjacent to an activating group) is 1. The van der Waals surface area contributed by atoms with Crippen molar-refractivity contribution in [3.63, 3.8) is 0 Å². The van der Waals surface area contributed by atoms with Gasteiger partial charge >= 0.3 is 0 Å². The molecule has 0 radical (unpaired) electrons. The first-order valence-corrected chi connectivity index (χ1v) is 6.80. The molecule has 6 nitrogen and oxygen atoms in total. The summed E-state index contributed by atoms with van der Waals surface area (Å²) in [5.74, 6) is -0.0780. The second-order valence-electron chi connectivity index (χ2n) is 5.15. The van der Waals surface area contributed by atoms with Gasteiger partial charge in [0.05, 0.1) is 13.2 Å². The third-order valence-electron chi connectivity index (χ3n) is 3.51. The lowest BCUT2D eigenvalue weighted by molar-refractivity contribution is -0.139. The summed E-state index contributed by atoms with van der Waals surface area (Å²) in [7, 11) is 3.25. The van der Waals surface area contributed by atoms with Gasteiger partial charge in [0.25, 0.3) is 0 Å². The number of carbonyl (C=O) groups excluding carboxylic acids is 2. The fraction of sp³-hybridized carbons (Fsp3) is 0.846. The van der Waals surface area contributed by atoms with Crippen LogP contribution in [0, 0.1) is 5.92 Å². The summed E-state index contributed by atoms with van der Waals surface area (Å²) in [6.45, 7) is 1.05. The van der Waals surface area contributed by atoms with Gasteiger partial charge in [-0.2, -0.15) is 0 Å². The zero-order valence-corrected chi connectivity index (χ0v) is 11.9. The Morgan fingerprint density at radius 3 is 2.53 bits per heavy atom. The molecule has 0 atom stereocenters. The van der Waals surface area contributed by atoms with E-state index >= 15 is 0 Å². The second kappa shape index (κ2) is 8.12. The lowest BCUT2D eigenvalue weighted by atomic mass is 9.85. The second-order valence-corrected chi connectivity index (χ2v) is 5.15. The summed E-state index contributed by atoms with van der Waals surface area (Å²) in [5, 5.41) is 2.70. The van der Waals surface area contributed by atoms with Crippen LogP contribution in [0.1, 0.15) is 25.7 Å². The SMILES string of the molecule is COCCNC(=O)CN(C)C(=O)C1CCC(N)CC1. The summed E-state index contributed by atoms with van der Waals surface area (Å²) >= 11 is 0. The number of hydrogen-bond donors (Lipinski definition) is 2. The Morgan fingerprint density at radius 1 is 1.32 bits per heavy atom. The third kappa shape index (κ3) is 5.57. The molecule has 3 N–H and O–H groups in total. The first-order valence-electron chi connectivity index (χ1n) is 6.80. The van der Waals surface area contributed by atoms with E-state index in [-0.39, 0.29) is 30.3 Å². The molecule has 1 aliphatic rings. The van der Waals surface area contributed by atoms with E-state index in [1.165, 1.54) is 4.90 Å². The molecule has 0 aromatic heterocycles. The largest absolute Gasteiger partial charge is 0.383 e. The summed E-state index contributed by atoms with van der Waals surface area (Å²) in [6.07, 6.45) is 3.44. The minimum absolute atomic E-state index is 0.0246. The molecular weight excluding hydrogens is 246 g/mol. The number of carbonyl (C=O) groups is 2. The van der Waals surface area contributed by atoms with E-state index in [2.05, 4.69) is 5.32 Å². The number of hydrogen-bond acceptors (Lipinski definition) is 4. The van der Waals surface area contributed by atoms with Gasteiger partial charge < -0.3 is 20.7 Å². The Kier molecular flexibility index (Phi) is 6.80. The Labute approximate surface area is 114 Å². The number of ether oxygens (including phenoxy) is 1. The van der Waals surface area contributed by atoms with Crippen LogP contribution in [0.4, 0.5) is 0 Å². The van der Waals surface area contributed by atoms with Crippen LogP contribution in [0.15, 0.2) is 0 Å². The van der Waals surface area contributed by atoms with Crippen molar-refractivity contribution in [2.75, 3.05) is 33.9 Å². The van der Waals surface area contributed by atoms with Crippen molar-refractivity contribution in [2.45, 2.75) is 31.7 Å². The van der Waals surface area contributed by atoms with E-state index in [0.717, 1.165) is 25.7 Å². The van der Waals surface area contributed by atoms with Gasteiger partial charge in [0.2, 0.25) is 11.8 Å². The van der Waals surface area contributed by atoms with Gasteiger partial charge in [-0.05, 0) is 25.7 Å². The molecule has 1 rings (SSSR count). The average molecular weight is 271 g/mol. The van der Waals surface area contributed by atoms with Crippen LogP contribution >= 0.6 is 0 Å². The van der Waals surface area contributed by atoms with Crippen molar-refractivity contribution in [3.8, 4) is 0 Å². The van der Waals surface area contributed by atoms with Crippen LogP contribution in [0.5, 0.6) is 0 Å². The fourth-order valence-corrected chi connectivity index (χ4v) is 2.32. The molecule has 0 spiro atoms. The molecule has 0 aromatic carbocycles. The highest BCUT2D eigenvalue weighted by Gasteiger charge is 2.27. The lowest BCUT2D eigenvalue weighted by Gasteiger charge is -2.28. The van der Waals surface area contributed by atoms with Gasteiger partial charge in [-0.3, -0.25) is 9.59 Å². The van der Waals surface area contributed by atoms with Crippen molar-refractivity contribution in [3.05, 3.63) is 0 Å². The summed E-state index contributed by atoms with van der Waals surface area (Å²) in [4.78, 5) is 25.2. The van der Waals surface area contributed by atoms with Gasteiger partial charge in [-0.1, -0.05) is 0 Å². The summed E-state index contributed by atoms with van der Waals surface area (Å²) in [6, 6.07) is 0.228. The van der Waals surface area contributed by atoms with Crippen LogP contribution < -0.4 is 11.1 Å². The van der Waals surface area contributed by atoms with Crippen molar-refractivity contribution < 1.29 is 14.3 Å². The predicted molar refractivity (Wildman–Crippen MR) is 72.5 cm³/mol. The molecule has 0 aromatic rings. The van der Waals surface area contributed by atoms with Crippen molar-refractivity contribution in [2.24, 2.45) is 11.7 Å². The van der Waals surface area contributed by atoms with E-state index in [1.807, 2.05) is 0 Å². The number of methoxy groups -OCH3 is 1. The van der Waals surface area contributed by atoms with E-state index in [0.29, 0.717) is 13.2 Å². The molecule has 0 heterocycles. The molecule has 0 saturated heterocycles. The van der Waals surface area contributed by atoms with Gasteiger partial charge in [-0.15, -0.1) is 0 Å². The first-order chi connectivity index (χ1) is 9.04. The summed E-state index contributed by atoms with van der Waals surface area (Å²) in [5.41, 5.74) is 5.82. The molecule has 6 heteroatoms. The van der Waals surface area contributed by atoms with Crippen LogP contribution in [0.25, 0.3) is 0 Å². The highest BCUT2D eigenvalue weighted by molar-refractivity contribution is 5.85. The molecule has 0 unspecified atom stereocenters. The van der Waals surface area contributed by atoms with E-state index < -0.39 is 0 Å². The molecule has 2 amide bonds. The zero-order valence-electron chi connectivity index (χ0n) is 11.9. The maximum absolute atomic E-state index is 12.2. The molecule has 1 saturated carbocycles. The van der Waals surface area contributed by atoms with Crippen molar-refractivity contribution in [1.82, 2.24) is 10.2 Å². The van der Waals surface area contributed by atoms with Crippen molar-refractivity contribution >= 4 is 11.8 Å². The molecule has 0 aliphatic heterocycles. The van der Waals surface area contributed by atoms with Gasteiger partial charge in [-0.25, -0.2) is 0 Å². The summed E-state index contributed by atoms with van der Waals surface area (Å²) < 4.78 is 4.84.